The maximum Gasteiger partial charge on any atom is 1.00 e. The fraction of sp³-hybridized carbons (Fsp3) is 0.800. The van der Waals surface area contributed by atoms with Gasteiger partial charge in [-0.2, -0.15) is 0 Å². The Labute approximate surface area is 77.9 Å². The molecule has 1 N–H and O–H groups in total. The number of urea groups is 1. The van der Waals surface area contributed by atoms with E-state index >= 15 is 0 Å². The number of nitrogens with one attached hydrogen (secondary N) is 1. The van der Waals surface area contributed by atoms with Crippen molar-refractivity contribution < 1.29 is 34.4 Å². The zero-order chi connectivity index (χ0) is 6.57. The summed E-state index contributed by atoms with van der Waals surface area (Å²) >= 11 is 0. The van der Waals surface area contributed by atoms with Gasteiger partial charge in [0.1, 0.15) is 0 Å². The molecule has 0 radical (unpaired) electrons. The number of amides is 2. The van der Waals surface area contributed by atoms with Gasteiger partial charge >= 0.3 is 29.6 Å². The van der Waals surface area contributed by atoms with Crippen molar-refractivity contribution in [3.8, 4) is 0 Å². The van der Waals surface area contributed by atoms with E-state index in [1.807, 2.05) is 13.8 Å². The van der Waals surface area contributed by atoms with Gasteiger partial charge in [-0.05, 0) is 13.1 Å². The Kier molecular flexibility index (Phi) is 8.52. The molecule has 0 aromatic carbocycles. The molecular weight excluding hydrogens is 127 g/mol. The molecule has 0 spiro atoms. The Morgan fingerprint density at radius 3 is 1.78 bits per heavy atom. The molecule has 0 bridgehead atoms. The molecule has 0 aliphatic carbocycles. The van der Waals surface area contributed by atoms with Crippen LogP contribution in [0.25, 0.3) is 5.73 Å². The van der Waals surface area contributed by atoms with Crippen molar-refractivity contribution in [2.45, 2.75) is 13.8 Å². The molecule has 0 heterocycles. The van der Waals surface area contributed by atoms with Gasteiger partial charge in [0.15, 0.2) is 6.03 Å². The van der Waals surface area contributed by atoms with E-state index in [9.17, 15) is 4.79 Å². The van der Waals surface area contributed by atoms with E-state index in [2.05, 4.69) is 0 Å². The van der Waals surface area contributed by atoms with Crippen LogP contribution >= 0.6 is 0 Å². The molecule has 9 heavy (non-hydrogen) atoms. The second-order valence-corrected chi connectivity index (χ2v) is 1.48. The summed E-state index contributed by atoms with van der Waals surface area (Å²) in [5, 5.41) is 0. The number of carbonyl (C=O) groups excluding carboxylic acids is 1. The SMILES string of the molecule is CCN(CC)C([NH-])=O.[Na+]. The third-order valence-corrected chi connectivity index (χ3v) is 1.05. The number of hydrogen-bond donors (Lipinski definition) is 0. The molecule has 0 aliphatic heterocycles. The first-order chi connectivity index (χ1) is 3.72. The molecule has 4 heteroatoms. The van der Waals surface area contributed by atoms with Gasteiger partial charge < -0.3 is 10.6 Å². The Balaban J connectivity index is 0. The van der Waals surface area contributed by atoms with E-state index < -0.39 is 6.03 Å². The Morgan fingerprint density at radius 1 is 1.44 bits per heavy atom. The molecule has 0 aromatic rings. The summed E-state index contributed by atoms with van der Waals surface area (Å²) < 4.78 is 0. The molecule has 0 rings (SSSR count). The smallest absolute Gasteiger partial charge is 0.447 e. The van der Waals surface area contributed by atoms with Crippen molar-refractivity contribution >= 4 is 6.03 Å². The zero-order valence-electron chi connectivity index (χ0n) is 6.27. The number of rotatable bonds is 2. The van der Waals surface area contributed by atoms with Gasteiger partial charge in [0.05, 0.1) is 0 Å². The fourth-order valence-electron chi connectivity index (χ4n) is 0.511. The maximum absolute atomic E-state index is 10.2. The van der Waals surface area contributed by atoms with Crippen LogP contribution in [0.1, 0.15) is 13.8 Å². The summed E-state index contributed by atoms with van der Waals surface area (Å²) in [4.78, 5) is 11.6. The molecular formula is C5H11N2NaO. The third kappa shape index (κ3) is 4.75. The van der Waals surface area contributed by atoms with Gasteiger partial charge in [0.2, 0.25) is 0 Å². The van der Waals surface area contributed by atoms with Crippen molar-refractivity contribution in [3.05, 3.63) is 5.73 Å². The van der Waals surface area contributed by atoms with Gasteiger partial charge in [-0.15, -0.1) is 0 Å². The maximum atomic E-state index is 10.2. The quantitative estimate of drug-likeness (QED) is 0.428. The van der Waals surface area contributed by atoms with Crippen LogP contribution in [0.2, 0.25) is 0 Å². The molecule has 0 aromatic heterocycles. The molecule has 0 unspecified atom stereocenters. The van der Waals surface area contributed by atoms with Crippen molar-refractivity contribution in [1.82, 2.24) is 4.90 Å². The van der Waals surface area contributed by atoms with Crippen molar-refractivity contribution in [1.29, 1.82) is 0 Å². The van der Waals surface area contributed by atoms with Crippen LogP contribution in [0.3, 0.4) is 0 Å². The first kappa shape index (κ1) is 12.0. The molecule has 0 atom stereocenters. The zero-order valence-corrected chi connectivity index (χ0v) is 8.27. The molecule has 0 aliphatic rings. The Morgan fingerprint density at radius 2 is 1.78 bits per heavy atom. The summed E-state index contributed by atoms with van der Waals surface area (Å²) in [6.07, 6.45) is 0. The van der Waals surface area contributed by atoms with Crippen LogP contribution in [0.4, 0.5) is 4.79 Å². The predicted molar refractivity (Wildman–Crippen MR) is 32.6 cm³/mol. The van der Waals surface area contributed by atoms with E-state index in [0.717, 1.165) is 0 Å². The Hall–Kier alpha value is 0.270. The first-order valence-corrected chi connectivity index (χ1v) is 2.72. The standard InChI is InChI=1S/C5H12N2O.Na/c1-3-7(4-2)5(6)8;/h3-4H2,1-2H3,(H2,6,8);/q;+1/p-1. The van der Waals surface area contributed by atoms with Gasteiger partial charge in [0, 0.05) is 0 Å². The minimum atomic E-state index is -0.588. The van der Waals surface area contributed by atoms with Crippen LogP contribution in [-0.2, 0) is 0 Å². The van der Waals surface area contributed by atoms with Crippen LogP contribution in [0.5, 0.6) is 0 Å². The van der Waals surface area contributed by atoms with Crippen molar-refractivity contribution in [3.63, 3.8) is 0 Å². The van der Waals surface area contributed by atoms with Gasteiger partial charge in [-0.25, -0.2) is 0 Å². The van der Waals surface area contributed by atoms with E-state index in [0.29, 0.717) is 13.1 Å². The minimum absolute atomic E-state index is 0. The van der Waals surface area contributed by atoms with Gasteiger partial charge in [0.25, 0.3) is 0 Å². The molecule has 2 amide bonds. The first-order valence-electron chi connectivity index (χ1n) is 2.72. The predicted octanol–water partition coefficient (Wildman–Crippen LogP) is -1.50. The summed E-state index contributed by atoms with van der Waals surface area (Å²) in [7, 11) is 0. The summed E-state index contributed by atoms with van der Waals surface area (Å²) in [6.45, 7) is 4.99. The Bertz CT molecular complexity index is 83.0. The number of nitrogens with zero attached hydrogens (tertiary/aromatic N) is 1. The van der Waals surface area contributed by atoms with E-state index in [4.69, 9.17) is 5.73 Å². The second-order valence-electron chi connectivity index (χ2n) is 1.48. The average molecular weight is 138 g/mol. The van der Waals surface area contributed by atoms with Crippen molar-refractivity contribution in [2.24, 2.45) is 0 Å². The largest absolute Gasteiger partial charge is 1.00 e. The molecule has 48 valence electrons. The van der Waals surface area contributed by atoms with Crippen LogP contribution in [0, 0.1) is 0 Å². The number of carbonyl (C=O) groups is 1. The fourth-order valence-corrected chi connectivity index (χ4v) is 0.511. The summed E-state index contributed by atoms with van der Waals surface area (Å²) in [6, 6.07) is -0.588. The van der Waals surface area contributed by atoms with E-state index in [-0.39, 0.29) is 29.6 Å². The molecule has 3 nitrogen and oxygen atoms in total. The average Bonchev–Trinajstić information content (AvgIpc) is 1.69. The van der Waals surface area contributed by atoms with Crippen LogP contribution < -0.4 is 29.6 Å². The second kappa shape index (κ2) is 6.39. The molecule has 0 fully saturated rings. The monoisotopic (exact) mass is 138 g/mol. The topological polar surface area (TPSA) is 44.1 Å². The number of hydrogen-bond acceptors (Lipinski definition) is 1. The van der Waals surface area contributed by atoms with Crippen LogP contribution in [-0.4, -0.2) is 24.0 Å². The van der Waals surface area contributed by atoms with E-state index in [1.54, 1.807) is 0 Å². The normalized spacial score (nSPS) is 7.78. The minimum Gasteiger partial charge on any atom is -0.447 e. The summed E-state index contributed by atoms with van der Waals surface area (Å²) in [5.74, 6) is 0. The molecule has 0 saturated heterocycles. The summed E-state index contributed by atoms with van der Waals surface area (Å²) in [5.41, 5.74) is 6.62. The molecule has 0 saturated carbocycles. The van der Waals surface area contributed by atoms with Gasteiger partial charge in [-0.3, -0.25) is 4.79 Å². The van der Waals surface area contributed by atoms with E-state index in [1.165, 1.54) is 4.90 Å². The van der Waals surface area contributed by atoms with Crippen LogP contribution in [0.15, 0.2) is 0 Å². The third-order valence-electron chi connectivity index (χ3n) is 1.05. The van der Waals surface area contributed by atoms with Gasteiger partial charge in [-0.1, -0.05) is 13.8 Å². The van der Waals surface area contributed by atoms with Crippen molar-refractivity contribution in [2.75, 3.05) is 13.1 Å².